The minimum absolute atomic E-state index is 0.196. The molecular weight excluding hydrogens is 330 g/mol. The van der Waals surface area contributed by atoms with Crippen LogP contribution in [0.5, 0.6) is 5.75 Å². The summed E-state index contributed by atoms with van der Waals surface area (Å²) in [5.41, 5.74) is 7.81. The van der Waals surface area contributed by atoms with E-state index in [0.717, 1.165) is 21.9 Å². The van der Waals surface area contributed by atoms with Crippen LogP contribution < -0.4 is 10.5 Å². The number of carbonyl (C=O) groups excluding carboxylic acids is 1. The molecule has 1 amide bonds. The van der Waals surface area contributed by atoms with Gasteiger partial charge < -0.3 is 10.5 Å². The third-order valence-corrected chi connectivity index (χ3v) is 4.07. The summed E-state index contributed by atoms with van der Waals surface area (Å²) in [7, 11) is 0. The molecule has 128 valence electrons. The topological polar surface area (TPSA) is 107 Å². The minimum atomic E-state index is -0.453. The largest absolute Gasteiger partial charge is 0.485 e. The first-order valence-corrected chi connectivity index (χ1v) is 7.99. The molecule has 3 aromatic carbocycles. The number of carbonyl (C=O) groups is 1. The molecule has 26 heavy (non-hydrogen) atoms. The number of hydrogen-bond acceptors (Lipinski definition) is 5. The van der Waals surface area contributed by atoms with Crippen LogP contribution >= 0.6 is 0 Å². The van der Waals surface area contributed by atoms with Crippen molar-refractivity contribution in [1.29, 1.82) is 0 Å². The zero-order valence-electron chi connectivity index (χ0n) is 13.7. The second-order valence-corrected chi connectivity index (χ2v) is 5.72. The van der Waals surface area contributed by atoms with Gasteiger partial charge in [0, 0.05) is 11.1 Å². The van der Waals surface area contributed by atoms with Crippen LogP contribution in [0.1, 0.15) is 16.2 Å². The lowest BCUT2D eigenvalue weighted by Crippen LogP contribution is -2.10. The van der Waals surface area contributed by atoms with Gasteiger partial charge in [0.2, 0.25) is 11.7 Å². The molecule has 0 aliphatic rings. The first-order chi connectivity index (χ1) is 12.7. The number of nitrogens with zero attached hydrogens (tertiary/aromatic N) is 3. The first kappa shape index (κ1) is 15.8. The molecule has 0 aliphatic heterocycles. The van der Waals surface area contributed by atoms with Crippen molar-refractivity contribution in [3.8, 4) is 16.9 Å². The summed E-state index contributed by atoms with van der Waals surface area (Å²) in [6.45, 7) is 0.196. The van der Waals surface area contributed by atoms with Crippen molar-refractivity contribution in [1.82, 2.24) is 20.6 Å². The van der Waals surface area contributed by atoms with E-state index in [1.54, 1.807) is 12.1 Å². The molecule has 7 heteroatoms. The highest BCUT2D eigenvalue weighted by Gasteiger charge is 2.13. The van der Waals surface area contributed by atoms with Crippen molar-refractivity contribution in [3.63, 3.8) is 0 Å². The monoisotopic (exact) mass is 345 g/mol. The highest BCUT2D eigenvalue weighted by atomic mass is 16.5. The fraction of sp³-hybridized carbons (Fsp3) is 0.0526. The zero-order valence-corrected chi connectivity index (χ0v) is 13.7. The van der Waals surface area contributed by atoms with Crippen LogP contribution in [0.25, 0.3) is 21.9 Å². The molecule has 0 bridgehead atoms. The maximum Gasteiger partial charge on any atom is 0.248 e. The molecule has 0 atom stereocenters. The molecule has 0 spiro atoms. The molecule has 0 saturated carbocycles. The fourth-order valence-corrected chi connectivity index (χ4v) is 2.87. The third-order valence-electron chi connectivity index (χ3n) is 4.07. The lowest BCUT2D eigenvalue weighted by Gasteiger charge is -2.14. The number of hydrogen-bond donors (Lipinski definition) is 2. The van der Waals surface area contributed by atoms with E-state index in [4.69, 9.17) is 10.5 Å². The van der Waals surface area contributed by atoms with E-state index < -0.39 is 5.91 Å². The number of primary amides is 1. The molecular formula is C19H15N5O2. The van der Waals surface area contributed by atoms with E-state index >= 15 is 0 Å². The molecule has 1 aromatic heterocycles. The quantitative estimate of drug-likeness (QED) is 0.578. The predicted molar refractivity (Wildman–Crippen MR) is 96.4 cm³/mol. The van der Waals surface area contributed by atoms with Gasteiger partial charge in [-0.2, -0.15) is 5.21 Å². The van der Waals surface area contributed by atoms with Gasteiger partial charge in [-0.1, -0.05) is 47.7 Å². The summed E-state index contributed by atoms with van der Waals surface area (Å²) >= 11 is 0. The number of aromatic amines is 1. The lowest BCUT2D eigenvalue weighted by molar-refractivity contribution is 0.100. The molecule has 0 unspecified atom stereocenters. The van der Waals surface area contributed by atoms with Gasteiger partial charge in [0.15, 0.2) is 6.61 Å². The van der Waals surface area contributed by atoms with Gasteiger partial charge >= 0.3 is 0 Å². The van der Waals surface area contributed by atoms with Crippen LogP contribution in [0, 0.1) is 0 Å². The van der Waals surface area contributed by atoms with Crippen molar-refractivity contribution in [2.75, 3.05) is 0 Å². The Labute approximate surface area is 148 Å². The van der Waals surface area contributed by atoms with Crippen LogP contribution in [-0.2, 0) is 6.61 Å². The van der Waals surface area contributed by atoms with Crippen molar-refractivity contribution in [3.05, 3.63) is 72.1 Å². The van der Waals surface area contributed by atoms with Gasteiger partial charge in [0.05, 0.1) is 0 Å². The highest BCUT2D eigenvalue weighted by Crippen LogP contribution is 2.37. The Bertz CT molecular complexity index is 1060. The van der Waals surface area contributed by atoms with Crippen molar-refractivity contribution in [2.24, 2.45) is 5.73 Å². The smallest absolute Gasteiger partial charge is 0.248 e. The molecule has 0 saturated heterocycles. The van der Waals surface area contributed by atoms with E-state index in [1.165, 1.54) is 0 Å². The maximum absolute atomic E-state index is 11.5. The standard InChI is InChI=1S/C19H15N5O2/c20-19(25)14-6-8-15-13(10-14)7-9-16(26-11-17-21-23-24-22-17)18(15)12-4-2-1-3-5-12/h1-10H,11H2,(H2,20,25)(H,21,22,23,24). The SMILES string of the molecule is NC(=O)c1ccc2c(-c3ccccc3)c(OCc3nn[nH]n3)ccc2c1. The van der Waals surface area contributed by atoms with Gasteiger partial charge in [-0.05, 0) is 34.5 Å². The Kier molecular flexibility index (Phi) is 4.03. The fourth-order valence-electron chi connectivity index (χ4n) is 2.87. The lowest BCUT2D eigenvalue weighted by atomic mass is 9.96. The number of benzene rings is 3. The summed E-state index contributed by atoms with van der Waals surface area (Å²) in [4.78, 5) is 11.5. The summed E-state index contributed by atoms with van der Waals surface area (Å²) in [6, 6.07) is 19.1. The number of aromatic nitrogens is 4. The average molecular weight is 345 g/mol. The molecule has 4 aromatic rings. The Morgan fingerprint density at radius 2 is 1.92 bits per heavy atom. The number of tetrazole rings is 1. The number of nitrogens with one attached hydrogen (secondary N) is 1. The van der Waals surface area contributed by atoms with Crippen LogP contribution in [0.3, 0.4) is 0 Å². The van der Waals surface area contributed by atoms with Gasteiger partial charge in [0.25, 0.3) is 0 Å². The van der Waals surface area contributed by atoms with Crippen LogP contribution in [0.4, 0.5) is 0 Å². The normalized spacial score (nSPS) is 10.8. The number of H-pyrrole nitrogens is 1. The van der Waals surface area contributed by atoms with Gasteiger partial charge in [-0.15, -0.1) is 10.2 Å². The molecule has 4 rings (SSSR count). The number of fused-ring (bicyclic) bond motifs is 1. The Morgan fingerprint density at radius 3 is 2.65 bits per heavy atom. The van der Waals surface area contributed by atoms with Crippen LogP contribution in [0.15, 0.2) is 60.7 Å². The molecule has 0 fully saturated rings. The molecule has 0 aliphatic carbocycles. The number of nitrogens with two attached hydrogens (primary N) is 1. The van der Waals surface area contributed by atoms with E-state index in [9.17, 15) is 4.79 Å². The number of ether oxygens (including phenoxy) is 1. The summed E-state index contributed by atoms with van der Waals surface area (Å²) in [6.07, 6.45) is 0. The summed E-state index contributed by atoms with van der Waals surface area (Å²) in [5.74, 6) is 0.708. The second-order valence-electron chi connectivity index (χ2n) is 5.72. The van der Waals surface area contributed by atoms with Gasteiger partial charge in [-0.3, -0.25) is 4.79 Å². The summed E-state index contributed by atoms with van der Waals surface area (Å²) in [5, 5.41) is 15.6. The number of rotatable bonds is 5. The second kappa shape index (κ2) is 6.64. The molecule has 7 nitrogen and oxygen atoms in total. The first-order valence-electron chi connectivity index (χ1n) is 7.99. The van der Waals surface area contributed by atoms with E-state index in [0.29, 0.717) is 17.1 Å². The third kappa shape index (κ3) is 2.98. The molecule has 3 N–H and O–H groups in total. The highest BCUT2D eigenvalue weighted by molar-refractivity contribution is 6.03. The Hall–Kier alpha value is -3.74. The Balaban J connectivity index is 1.85. The predicted octanol–water partition coefficient (Wildman–Crippen LogP) is 2.70. The Morgan fingerprint density at radius 1 is 1.08 bits per heavy atom. The van der Waals surface area contributed by atoms with Gasteiger partial charge in [0.1, 0.15) is 5.75 Å². The van der Waals surface area contributed by atoms with Crippen molar-refractivity contribution in [2.45, 2.75) is 6.61 Å². The van der Waals surface area contributed by atoms with E-state index in [-0.39, 0.29) is 6.61 Å². The van der Waals surface area contributed by atoms with Crippen LogP contribution in [-0.4, -0.2) is 26.5 Å². The van der Waals surface area contributed by atoms with Crippen LogP contribution in [0.2, 0.25) is 0 Å². The minimum Gasteiger partial charge on any atom is -0.485 e. The summed E-state index contributed by atoms with van der Waals surface area (Å²) < 4.78 is 5.95. The molecule has 1 heterocycles. The van der Waals surface area contributed by atoms with Crippen molar-refractivity contribution >= 4 is 16.7 Å². The zero-order chi connectivity index (χ0) is 17.9. The van der Waals surface area contributed by atoms with E-state index in [2.05, 4.69) is 20.6 Å². The number of amides is 1. The van der Waals surface area contributed by atoms with Crippen molar-refractivity contribution < 1.29 is 9.53 Å². The maximum atomic E-state index is 11.5. The average Bonchev–Trinajstić information content (AvgIpc) is 3.19. The molecule has 0 radical (unpaired) electrons. The van der Waals surface area contributed by atoms with E-state index in [1.807, 2.05) is 48.5 Å². The van der Waals surface area contributed by atoms with Gasteiger partial charge in [-0.25, -0.2) is 0 Å².